The summed E-state index contributed by atoms with van der Waals surface area (Å²) in [6, 6.07) is 6.70. The summed E-state index contributed by atoms with van der Waals surface area (Å²) < 4.78 is 0. The minimum atomic E-state index is -1.97. The average Bonchev–Trinajstić information content (AvgIpc) is 2.38. The third-order valence-corrected chi connectivity index (χ3v) is 3.66. The summed E-state index contributed by atoms with van der Waals surface area (Å²) in [5, 5.41) is 9.50. The van der Waals surface area contributed by atoms with Crippen molar-refractivity contribution in [2.45, 2.75) is 26.7 Å². The Hall–Kier alpha value is -2.23. The van der Waals surface area contributed by atoms with Crippen LogP contribution in [0.25, 0.3) is 0 Å². The van der Waals surface area contributed by atoms with E-state index in [0.29, 0.717) is 11.1 Å². The van der Waals surface area contributed by atoms with E-state index in [0.717, 1.165) is 5.57 Å². The molecule has 0 amide bonds. The van der Waals surface area contributed by atoms with Crippen LogP contribution in [-0.4, -0.2) is 22.6 Å². The number of aliphatic carboxylic acids is 1. The highest BCUT2D eigenvalue weighted by Crippen LogP contribution is 2.36. The van der Waals surface area contributed by atoms with E-state index in [1.807, 2.05) is 0 Å². The van der Waals surface area contributed by atoms with Crippen molar-refractivity contribution >= 4 is 17.5 Å². The van der Waals surface area contributed by atoms with Crippen LogP contribution in [0.5, 0.6) is 0 Å². The number of Topliss-reactive ketones (excluding diaryl/α,β-unsaturated/α-hetero) is 2. The Kier molecular flexibility index (Phi) is 3.57. The van der Waals surface area contributed by atoms with E-state index >= 15 is 0 Å². The van der Waals surface area contributed by atoms with Gasteiger partial charge in [0.25, 0.3) is 0 Å². The van der Waals surface area contributed by atoms with Crippen LogP contribution in [0.2, 0.25) is 0 Å². The molecular formula is C16H16O4. The quantitative estimate of drug-likeness (QED) is 0.677. The fraction of sp³-hybridized carbons (Fsp3) is 0.312. The van der Waals surface area contributed by atoms with Gasteiger partial charge in [0, 0.05) is 12.0 Å². The molecule has 0 saturated heterocycles. The summed E-state index contributed by atoms with van der Waals surface area (Å²) >= 11 is 0. The summed E-state index contributed by atoms with van der Waals surface area (Å²) in [4.78, 5) is 36.5. The van der Waals surface area contributed by atoms with Gasteiger partial charge in [-0.15, -0.1) is 0 Å². The molecule has 0 fully saturated rings. The number of ketones is 2. The largest absolute Gasteiger partial charge is 0.480 e. The average molecular weight is 272 g/mol. The molecular weight excluding hydrogens is 256 g/mol. The van der Waals surface area contributed by atoms with Crippen molar-refractivity contribution in [3.63, 3.8) is 0 Å². The first-order chi connectivity index (χ1) is 9.39. The van der Waals surface area contributed by atoms with E-state index in [1.165, 1.54) is 0 Å². The molecule has 1 aromatic carbocycles. The number of carbonyl (C=O) groups excluding carboxylic acids is 2. The second-order valence-electron chi connectivity index (χ2n) is 5.28. The molecule has 4 heteroatoms. The molecule has 0 spiro atoms. The number of hydrogen-bond donors (Lipinski definition) is 1. The van der Waals surface area contributed by atoms with Gasteiger partial charge in [0.1, 0.15) is 0 Å². The zero-order chi connectivity index (χ0) is 14.9. The van der Waals surface area contributed by atoms with Gasteiger partial charge in [0.2, 0.25) is 0 Å². The third-order valence-electron chi connectivity index (χ3n) is 3.66. The number of rotatable bonds is 3. The van der Waals surface area contributed by atoms with Gasteiger partial charge in [-0.1, -0.05) is 35.9 Å². The number of allylic oxidation sites excluding steroid dienone is 2. The van der Waals surface area contributed by atoms with E-state index < -0.39 is 23.0 Å². The Balaban J connectivity index is 2.58. The predicted octanol–water partition coefficient (Wildman–Crippen LogP) is 2.42. The number of carbonyl (C=O) groups is 3. The van der Waals surface area contributed by atoms with Crippen LogP contribution >= 0.6 is 0 Å². The SMILES string of the molecule is CC(C)=CCC1(C(=O)O)C(=O)Cc2ccccc2C1=O. The molecule has 1 aromatic rings. The van der Waals surface area contributed by atoms with Gasteiger partial charge in [-0.05, 0) is 25.8 Å². The maximum atomic E-state index is 12.6. The van der Waals surface area contributed by atoms with Crippen LogP contribution in [0.1, 0.15) is 36.2 Å². The lowest BCUT2D eigenvalue weighted by Gasteiger charge is -2.30. The summed E-state index contributed by atoms with van der Waals surface area (Å²) in [7, 11) is 0. The van der Waals surface area contributed by atoms with Crippen molar-refractivity contribution in [2.24, 2.45) is 5.41 Å². The van der Waals surface area contributed by atoms with E-state index in [9.17, 15) is 19.5 Å². The normalized spacial score (nSPS) is 21.3. The molecule has 1 aliphatic carbocycles. The fourth-order valence-corrected chi connectivity index (χ4v) is 2.44. The molecule has 0 aliphatic heterocycles. The fourth-order valence-electron chi connectivity index (χ4n) is 2.44. The Morgan fingerprint density at radius 3 is 2.55 bits per heavy atom. The van der Waals surface area contributed by atoms with Gasteiger partial charge >= 0.3 is 5.97 Å². The third kappa shape index (κ3) is 2.07. The standard InChI is InChI=1S/C16H16O4/c1-10(2)7-8-16(15(19)20)13(17)9-11-5-3-4-6-12(11)14(16)18/h3-7H,8-9H2,1-2H3,(H,19,20). The molecule has 20 heavy (non-hydrogen) atoms. The Labute approximate surface area is 117 Å². The molecule has 4 nitrogen and oxygen atoms in total. The molecule has 1 aliphatic rings. The van der Waals surface area contributed by atoms with Crippen LogP contribution in [-0.2, 0) is 16.0 Å². The van der Waals surface area contributed by atoms with Crippen molar-refractivity contribution < 1.29 is 19.5 Å². The van der Waals surface area contributed by atoms with Gasteiger partial charge in [0.05, 0.1) is 0 Å². The zero-order valence-corrected chi connectivity index (χ0v) is 11.5. The van der Waals surface area contributed by atoms with Crippen LogP contribution in [0.15, 0.2) is 35.9 Å². The van der Waals surface area contributed by atoms with E-state index in [4.69, 9.17) is 0 Å². The first-order valence-electron chi connectivity index (χ1n) is 6.42. The second kappa shape index (κ2) is 5.04. The van der Waals surface area contributed by atoms with Crippen LogP contribution < -0.4 is 0 Å². The molecule has 0 heterocycles. The van der Waals surface area contributed by atoms with Gasteiger partial charge < -0.3 is 5.11 Å². The monoisotopic (exact) mass is 272 g/mol. The molecule has 2 rings (SSSR count). The van der Waals surface area contributed by atoms with Crippen LogP contribution in [0, 0.1) is 5.41 Å². The summed E-state index contributed by atoms with van der Waals surface area (Å²) in [6.45, 7) is 3.61. The Bertz CT molecular complexity index is 623. The number of hydrogen-bond acceptors (Lipinski definition) is 3. The predicted molar refractivity (Wildman–Crippen MR) is 73.6 cm³/mol. The summed E-state index contributed by atoms with van der Waals surface area (Å²) in [6.07, 6.45) is 1.54. The van der Waals surface area contributed by atoms with Gasteiger partial charge in [0.15, 0.2) is 17.0 Å². The lowest BCUT2D eigenvalue weighted by atomic mass is 9.67. The first kappa shape index (κ1) is 14.2. The molecule has 104 valence electrons. The Morgan fingerprint density at radius 1 is 1.30 bits per heavy atom. The van der Waals surface area contributed by atoms with Crippen molar-refractivity contribution in [2.75, 3.05) is 0 Å². The van der Waals surface area contributed by atoms with Crippen molar-refractivity contribution in [3.05, 3.63) is 47.0 Å². The van der Waals surface area contributed by atoms with Gasteiger partial charge in [-0.2, -0.15) is 0 Å². The van der Waals surface area contributed by atoms with Crippen LogP contribution in [0.3, 0.4) is 0 Å². The number of carboxylic acid groups (broad SMARTS) is 1. The molecule has 0 radical (unpaired) electrons. The number of fused-ring (bicyclic) bond motifs is 1. The van der Waals surface area contributed by atoms with Crippen molar-refractivity contribution in [1.29, 1.82) is 0 Å². The minimum absolute atomic E-state index is 0.00911. The van der Waals surface area contributed by atoms with Crippen molar-refractivity contribution in [3.8, 4) is 0 Å². The molecule has 0 aromatic heterocycles. The molecule has 0 bridgehead atoms. The Morgan fingerprint density at radius 2 is 1.95 bits per heavy atom. The molecule has 0 saturated carbocycles. The molecule has 1 unspecified atom stereocenters. The van der Waals surface area contributed by atoms with Gasteiger partial charge in [-0.25, -0.2) is 0 Å². The topological polar surface area (TPSA) is 71.4 Å². The highest BCUT2D eigenvalue weighted by Gasteiger charge is 2.54. The second-order valence-corrected chi connectivity index (χ2v) is 5.28. The smallest absolute Gasteiger partial charge is 0.325 e. The maximum absolute atomic E-state index is 12.6. The summed E-state index contributed by atoms with van der Waals surface area (Å²) in [5.41, 5.74) is -0.135. The van der Waals surface area contributed by atoms with E-state index in [2.05, 4.69) is 0 Å². The summed E-state index contributed by atoms with van der Waals surface area (Å²) in [5.74, 6) is -2.50. The zero-order valence-electron chi connectivity index (χ0n) is 11.5. The molecule has 1 N–H and O–H groups in total. The van der Waals surface area contributed by atoms with E-state index in [-0.39, 0.29) is 12.8 Å². The molecule has 1 atom stereocenters. The van der Waals surface area contributed by atoms with E-state index in [1.54, 1.807) is 44.2 Å². The lowest BCUT2D eigenvalue weighted by Crippen LogP contribution is -2.50. The highest BCUT2D eigenvalue weighted by molar-refractivity contribution is 6.29. The van der Waals surface area contributed by atoms with Gasteiger partial charge in [-0.3, -0.25) is 14.4 Å². The minimum Gasteiger partial charge on any atom is -0.480 e. The number of benzene rings is 1. The number of carboxylic acids is 1. The van der Waals surface area contributed by atoms with Crippen LogP contribution in [0.4, 0.5) is 0 Å². The van der Waals surface area contributed by atoms with Crippen molar-refractivity contribution in [1.82, 2.24) is 0 Å². The highest BCUT2D eigenvalue weighted by atomic mass is 16.4. The lowest BCUT2D eigenvalue weighted by molar-refractivity contribution is -0.151. The maximum Gasteiger partial charge on any atom is 0.325 e. The first-order valence-corrected chi connectivity index (χ1v) is 6.42.